The predicted molar refractivity (Wildman–Crippen MR) is 90.7 cm³/mol. The van der Waals surface area contributed by atoms with Gasteiger partial charge in [-0.1, -0.05) is 12.1 Å². The molecule has 2 rings (SSSR count). The summed E-state index contributed by atoms with van der Waals surface area (Å²) in [5.41, 5.74) is 6.57. The highest BCUT2D eigenvalue weighted by atomic mass is 127. The second kappa shape index (κ2) is 8.04. The number of aromatic nitrogens is 2. The molecule has 6 nitrogen and oxygen atoms in total. The first-order valence-electron chi connectivity index (χ1n) is 6.23. The molecule has 0 amide bonds. The van der Waals surface area contributed by atoms with E-state index in [2.05, 4.69) is 20.1 Å². The Bertz CT molecular complexity index is 672. The second-order valence-corrected chi connectivity index (χ2v) is 4.39. The van der Waals surface area contributed by atoms with Crippen LogP contribution in [0.25, 0.3) is 0 Å². The first-order chi connectivity index (χ1) is 10.3. The maximum Gasteiger partial charge on any atom is 0.573 e. The van der Waals surface area contributed by atoms with E-state index in [1.165, 1.54) is 18.2 Å². The fourth-order valence-electron chi connectivity index (χ4n) is 1.69. The molecule has 1 aromatic heterocycles. The lowest BCUT2D eigenvalue weighted by Gasteiger charge is -2.14. The summed E-state index contributed by atoms with van der Waals surface area (Å²) in [5, 5.41) is 6.56. The molecule has 0 aliphatic rings. The fourth-order valence-corrected chi connectivity index (χ4v) is 1.69. The highest BCUT2D eigenvalue weighted by Crippen LogP contribution is 2.29. The van der Waals surface area contributed by atoms with Crippen molar-refractivity contribution < 1.29 is 17.9 Å². The van der Waals surface area contributed by atoms with Gasteiger partial charge in [0.25, 0.3) is 0 Å². The number of rotatable bonds is 4. The summed E-state index contributed by atoms with van der Waals surface area (Å²) in [7, 11) is 1.76. The molecule has 23 heavy (non-hydrogen) atoms. The van der Waals surface area contributed by atoms with Crippen LogP contribution in [0, 0.1) is 0 Å². The number of nitrogens with one attached hydrogen (secondary N) is 1. The summed E-state index contributed by atoms with van der Waals surface area (Å²) in [4.78, 5) is 4.03. The van der Waals surface area contributed by atoms with Gasteiger partial charge in [0.2, 0.25) is 0 Å². The van der Waals surface area contributed by atoms with E-state index in [1.54, 1.807) is 30.2 Å². The number of hydrogen-bond acceptors (Lipinski definition) is 3. The van der Waals surface area contributed by atoms with E-state index in [0.29, 0.717) is 0 Å². The Kier molecular flexibility index (Phi) is 6.66. The summed E-state index contributed by atoms with van der Waals surface area (Å²) in [5.74, 6) is -0.406. The van der Waals surface area contributed by atoms with Crippen LogP contribution >= 0.6 is 24.0 Å². The molecule has 0 aliphatic carbocycles. The van der Waals surface area contributed by atoms with Gasteiger partial charge in [-0.25, -0.2) is 4.99 Å². The fraction of sp³-hybridized carbons (Fsp3) is 0.231. The minimum Gasteiger partial charge on any atom is -0.404 e. The van der Waals surface area contributed by atoms with Gasteiger partial charge in [-0.15, -0.1) is 37.1 Å². The third kappa shape index (κ3) is 6.34. The van der Waals surface area contributed by atoms with E-state index >= 15 is 0 Å². The molecule has 0 spiro atoms. The van der Waals surface area contributed by atoms with Crippen molar-refractivity contribution in [3.05, 3.63) is 42.2 Å². The van der Waals surface area contributed by atoms with Crippen LogP contribution in [0.4, 0.5) is 18.9 Å². The number of guanidine groups is 1. The number of nitrogens with zero attached hydrogens (tertiary/aromatic N) is 3. The van der Waals surface area contributed by atoms with Crippen molar-refractivity contribution in [3.63, 3.8) is 0 Å². The molecule has 0 atom stereocenters. The lowest BCUT2D eigenvalue weighted by Crippen LogP contribution is -2.24. The molecule has 1 aromatic carbocycles. The average molecular weight is 441 g/mol. The maximum atomic E-state index is 12.3. The summed E-state index contributed by atoms with van der Waals surface area (Å²) in [6.45, 7) is 0.259. The van der Waals surface area contributed by atoms with Crippen molar-refractivity contribution in [1.29, 1.82) is 0 Å². The SMILES string of the molecule is Cn1cc(CN=C(N)Nc2ccccc2OC(F)(F)F)cn1.I. The number of ether oxygens (including phenoxy) is 1. The zero-order chi connectivity index (χ0) is 16.2. The van der Waals surface area contributed by atoms with E-state index in [0.717, 1.165) is 5.56 Å². The first-order valence-corrected chi connectivity index (χ1v) is 6.23. The number of hydrogen-bond donors (Lipinski definition) is 2. The van der Waals surface area contributed by atoms with Crippen molar-refractivity contribution >= 4 is 35.6 Å². The number of para-hydroxylation sites is 2. The van der Waals surface area contributed by atoms with Gasteiger partial charge >= 0.3 is 6.36 Å². The van der Waals surface area contributed by atoms with Crippen molar-refractivity contribution in [1.82, 2.24) is 9.78 Å². The van der Waals surface area contributed by atoms with E-state index in [-0.39, 0.29) is 47.9 Å². The molecule has 0 saturated carbocycles. The quantitative estimate of drug-likeness (QED) is 0.435. The lowest BCUT2D eigenvalue weighted by molar-refractivity contribution is -0.274. The molecule has 2 aromatic rings. The molecule has 0 aliphatic heterocycles. The second-order valence-electron chi connectivity index (χ2n) is 4.39. The van der Waals surface area contributed by atoms with Gasteiger partial charge in [-0.05, 0) is 12.1 Å². The summed E-state index contributed by atoms with van der Waals surface area (Å²) >= 11 is 0. The summed E-state index contributed by atoms with van der Waals surface area (Å²) in [6, 6.07) is 5.58. The van der Waals surface area contributed by atoms with Gasteiger partial charge in [-0.3, -0.25) is 4.68 Å². The smallest absolute Gasteiger partial charge is 0.404 e. The van der Waals surface area contributed by atoms with E-state index < -0.39 is 6.36 Å². The molecule has 3 N–H and O–H groups in total. The van der Waals surface area contributed by atoms with Crippen LogP contribution in [-0.2, 0) is 13.6 Å². The standard InChI is InChI=1S/C13H14F3N5O.HI/c1-21-8-9(7-19-21)6-18-12(17)20-10-4-2-3-5-11(10)22-13(14,15)16;/h2-5,7-8H,6H2,1H3,(H3,17,18,20);1H. The molecule has 0 saturated heterocycles. The van der Waals surface area contributed by atoms with E-state index in [4.69, 9.17) is 5.73 Å². The number of benzene rings is 1. The van der Waals surface area contributed by atoms with E-state index in [1.807, 2.05) is 0 Å². The number of aryl methyl sites for hydroxylation is 1. The Hall–Kier alpha value is -1.98. The molecule has 0 unspecified atom stereocenters. The van der Waals surface area contributed by atoms with Crippen LogP contribution in [0.3, 0.4) is 0 Å². The third-order valence-corrected chi connectivity index (χ3v) is 2.57. The van der Waals surface area contributed by atoms with Gasteiger partial charge < -0.3 is 15.8 Å². The predicted octanol–water partition coefficient (Wildman–Crippen LogP) is 2.86. The molecular formula is C13H15F3IN5O. The van der Waals surface area contributed by atoms with Crippen LogP contribution in [0.2, 0.25) is 0 Å². The maximum absolute atomic E-state index is 12.3. The van der Waals surface area contributed by atoms with Crippen molar-refractivity contribution in [2.24, 2.45) is 17.8 Å². The Morgan fingerprint density at radius 1 is 1.39 bits per heavy atom. The lowest BCUT2D eigenvalue weighted by atomic mass is 10.3. The van der Waals surface area contributed by atoms with Crippen LogP contribution in [0.5, 0.6) is 5.75 Å². The minimum atomic E-state index is -4.78. The average Bonchev–Trinajstić information content (AvgIpc) is 2.83. The molecule has 0 radical (unpaired) electrons. The molecular weight excluding hydrogens is 426 g/mol. The van der Waals surface area contributed by atoms with Gasteiger partial charge in [-0.2, -0.15) is 5.10 Å². The number of alkyl halides is 3. The molecule has 1 heterocycles. The first kappa shape index (κ1) is 19.1. The molecule has 126 valence electrons. The van der Waals surface area contributed by atoms with Gasteiger partial charge in [0.05, 0.1) is 18.4 Å². The van der Waals surface area contributed by atoms with Crippen LogP contribution < -0.4 is 15.8 Å². The monoisotopic (exact) mass is 441 g/mol. The number of nitrogens with two attached hydrogens (primary N) is 1. The van der Waals surface area contributed by atoms with Crippen LogP contribution in [0.15, 0.2) is 41.7 Å². The Balaban J connectivity index is 0.00000264. The normalized spacial score (nSPS) is 11.7. The summed E-state index contributed by atoms with van der Waals surface area (Å²) in [6.07, 6.45) is -1.39. The van der Waals surface area contributed by atoms with Crippen molar-refractivity contribution in [3.8, 4) is 5.75 Å². The Morgan fingerprint density at radius 2 is 2.09 bits per heavy atom. The van der Waals surface area contributed by atoms with Gasteiger partial charge in [0.15, 0.2) is 11.7 Å². The summed E-state index contributed by atoms with van der Waals surface area (Å²) < 4.78 is 42.5. The van der Waals surface area contributed by atoms with Crippen molar-refractivity contribution in [2.75, 3.05) is 5.32 Å². The zero-order valence-electron chi connectivity index (χ0n) is 12.0. The van der Waals surface area contributed by atoms with Gasteiger partial charge in [0.1, 0.15) is 0 Å². The van der Waals surface area contributed by atoms with Crippen LogP contribution in [-0.4, -0.2) is 22.1 Å². The minimum absolute atomic E-state index is 0. The van der Waals surface area contributed by atoms with Gasteiger partial charge in [0, 0.05) is 18.8 Å². The molecule has 0 fully saturated rings. The number of anilines is 1. The van der Waals surface area contributed by atoms with E-state index in [9.17, 15) is 13.2 Å². The van der Waals surface area contributed by atoms with Crippen molar-refractivity contribution in [2.45, 2.75) is 12.9 Å². The largest absolute Gasteiger partial charge is 0.573 e. The zero-order valence-corrected chi connectivity index (χ0v) is 14.4. The molecule has 10 heteroatoms. The Labute approximate surface area is 147 Å². The van der Waals surface area contributed by atoms with Crippen LogP contribution in [0.1, 0.15) is 5.56 Å². The molecule has 0 bridgehead atoms. The highest BCUT2D eigenvalue weighted by Gasteiger charge is 2.32. The number of halogens is 4. The Morgan fingerprint density at radius 3 is 2.70 bits per heavy atom. The highest BCUT2D eigenvalue weighted by molar-refractivity contribution is 14.0. The topological polar surface area (TPSA) is 77.5 Å². The number of aliphatic imine (C=N–C) groups is 1. The third-order valence-electron chi connectivity index (χ3n) is 2.57.